The van der Waals surface area contributed by atoms with E-state index in [1.54, 1.807) is 0 Å². The average Bonchev–Trinajstić information content (AvgIpc) is 2.46. The minimum atomic E-state index is -0.296. The van der Waals surface area contributed by atoms with Gasteiger partial charge in [-0.2, -0.15) is 0 Å². The highest BCUT2D eigenvalue weighted by atomic mass is 35.5. The molecule has 126 valence electrons. The molecule has 1 aliphatic heterocycles. The molecular formula is C17H29ClN2O2. The van der Waals surface area contributed by atoms with Crippen LogP contribution in [0.2, 0.25) is 0 Å². The van der Waals surface area contributed by atoms with Gasteiger partial charge in [-0.1, -0.05) is 0 Å². The summed E-state index contributed by atoms with van der Waals surface area (Å²) in [4.78, 5) is 12.4. The van der Waals surface area contributed by atoms with E-state index in [1.165, 1.54) is 38.5 Å². The lowest BCUT2D eigenvalue weighted by atomic mass is 9.48. The van der Waals surface area contributed by atoms with Crippen molar-refractivity contribution in [3.8, 4) is 0 Å². The summed E-state index contributed by atoms with van der Waals surface area (Å²) < 4.78 is 5.58. The molecule has 1 heterocycles. The Labute approximate surface area is 139 Å². The second-order valence-electron chi connectivity index (χ2n) is 8.07. The standard InChI is InChI=1S/C17H28N2O2.ClH/c1-11(19-16(20)15-10-18-2-3-21-15)17-7-12-4-13(8-17)6-14(5-12)9-17;/h11-15,18H,2-10H2,1H3,(H,19,20);1H. The van der Waals surface area contributed by atoms with Crippen molar-refractivity contribution in [2.45, 2.75) is 57.6 Å². The number of carbonyl (C=O) groups is 1. The van der Waals surface area contributed by atoms with E-state index in [2.05, 4.69) is 17.6 Å². The Morgan fingerprint density at radius 3 is 2.27 bits per heavy atom. The average molecular weight is 329 g/mol. The van der Waals surface area contributed by atoms with Crippen LogP contribution in [0, 0.1) is 23.2 Å². The van der Waals surface area contributed by atoms with Gasteiger partial charge in [0.05, 0.1) is 6.61 Å². The maximum Gasteiger partial charge on any atom is 0.250 e. The van der Waals surface area contributed by atoms with E-state index in [1.807, 2.05) is 0 Å². The molecule has 0 radical (unpaired) electrons. The van der Waals surface area contributed by atoms with Gasteiger partial charge in [0.25, 0.3) is 5.91 Å². The predicted molar refractivity (Wildman–Crippen MR) is 88.1 cm³/mol. The molecule has 5 fully saturated rings. The molecule has 22 heavy (non-hydrogen) atoms. The fourth-order valence-electron chi connectivity index (χ4n) is 5.90. The number of ether oxygens (including phenoxy) is 1. The molecule has 1 saturated heterocycles. The summed E-state index contributed by atoms with van der Waals surface area (Å²) in [7, 11) is 0. The zero-order valence-corrected chi connectivity index (χ0v) is 14.3. The van der Waals surface area contributed by atoms with E-state index in [0.29, 0.717) is 24.6 Å². The molecule has 2 N–H and O–H groups in total. The van der Waals surface area contributed by atoms with Gasteiger partial charge < -0.3 is 15.4 Å². The van der Waals surface area contributed by atoms with Crippen molar-refractivity contribution in [2.75, 3.05) is 19.7 Å². The molecule has 4 bridgehead atoms. The number of rotatable bonds is 3. The van der Waals surface area contributed by atoms with E-state index in [-0.39, 0.29) is 24.4 Å². The van der Waals surface area contributed by atoms with Gasteiger partial charge in [0.1, 0.15) is 6.10 Å². The van der Waals surface area contributed by atoms with Gasteiger partial charge in [-0.15, -0.1) is 12.4 Å². The molecule has 0 aromatic heterocycles. The second kappa shape index (κ2) is 6.29. The summed E-state index contributed by atoms with van der Waals surface area (Å²) in [5.41, 5.74) is 0.381. The van der Waals surface area contributed by atoms with Crippen molar-refractivity contribution in [1.82, 2.24) is 10.6 Å². The first-order valence-corrected chi connectivity index (χ1v) is 8.77. The Balaban J connectivity index is 0.00000144. The molecule has 2 atom stereocenters. The van der Waals surface area contributed by atoms with Crippen LogP contribution in [0.15, 0.2) is 0 Å². The van der Waals surface area contributed by atoms with Crippen LogP contribution in [0.3, 0.4) is 0 Å². The van der Waals surface area contributed by atoms with Gasteiger partial charge in [0, 0.05) is 19.1 Å². The molecule has 0 aromatic carbocycles. The highest BCUT2D eigenvalue weighted by Gasteiger charge is 2.53. The number of amides is 1. The fraction of sp³-hybridized carbons (Fsp3) is 0.941. The summed E-state index contributed by atoms with van der Waals surface area (Å²) >= 11 is 0. The molecule has 5 aliphatic rings. The first-order valence-electron chi connectivity index (χ1n) is 8.77. The van der Waals surface area contributed by atoms with Crippen LogP contribution >= 0.6 is 12.4 Å². The van der Waals surface area contributed by atoms with Gasteiger partial charge >= 0.3 is 0 Å². The van der Waals surface area contributed by atoms with Crippen molar-refractivity contribution >= 4 is 18.3 Å². The van der Waals surface area contributed by atoms with Gasteiger partial charge in [0.2, 0.25) is 0 Å². The number of carbonyl (C=O) groups excluding carboxylic acids is 1. The van der Waals surface area contributed by atoms with Crippen molar-refractivity contribution in [2.24, 2.45) is 23.2 Å². The van der Waals surface area contributed by atoms with E-state index < -0.39 is 0 Å². The predicted octanol–water partition coefficient (Wildman–Crippen LogP) is 2.12. The van der Waals surface area contributed by atoms with Crippen molar-refractivity contribution in [1.29, 1.82) is 0 Å². The highest BCUT2D eigenvalue weighted by Crippen LogP contribution is 2.61. The Bertz CT molecular complexity index is 388. The molecule has 0 spiro atoms. The molecule has 5 rings (SSSR count). The van der Waals surface area contributed by atoms with E-state index in [9.17, 15) is 4.79 Å². The lowest BCUT2D eigenvalue weighted by molar-refractivity contribution is -0.138. The van der Waals surface area contributed by atoms with E-state index in [0.717, 1.165) is 24.3 Å². The summed E-state index contributed by atoms with van der Waals surface area (Å²) in [6.45, 7) is 4.39. The van der Waals surface area contributed by atoms with Gasteiger partial charge in [0.15, 0.2) is 0 Å². The monoisotopic (exact) mass is 328 g/mol. The van der Waals surface area contributed by atoms with Crippen LogP contribution in [-0.2, 0) is 9.53 Å². The zero-order valence-electron chi connectivity index (χ0n) is 13.5. The maximum atomic E-state index is 12.4. The zero-order chi connectivity index (χ0) is 14.4. The number of morpholine rings is 1. The third kappa shape index (κ3) is 2.90. The van der Waals surface area contributed by atoms with Crippen LogP contribution in [-0.4, -0.2) is 37.7 Å². The Kier molecular flexibility index (Phi) is 4.73. The van der Waals surface area contributed by atoms with E-state index >= 15 is 0 Å². The van der Waals surface area contributed by atoms with Crippen LogP contribution in [0.25, 0.3) is 0 Å². The Hall–Kier alpha value is -0.320. The van der Waals surface area contributed by atoms with Gasteiger partial charge in [-0.05, 0) is 68.6 Å². The lowest BCUT2D eigenvalue weighted by Gasteiger charge is -2.59. The third-order valence-corrected chi connectivity index (χ3v) is 6.58. The molecule has 4 saturated carbocycles. The molecule has 5 heteroatoms. The minimum Gasteiger partial charge on any atom is -0.366 e. The molecule has 2 unspecified atom stereocenters. The van der Waals surface area contributed by atoms with Gasteiger partial charge in [-0.25, -0.2) is 0 Å². The van der Waals surface area contributed by atoms with Crippen molar-refractivity contribution < 1.29 is 9.53 Å². The minimum absolute atomic E-state index is 0. The third-order valence-electron chi connectivity index (χ3n) is 6.58. The second-order valence-corrected chi connectivity index (χ2v) is 8.07. The largest absolute Gasteiger partial charge is 0.366 e. The highest BCUT2D eigenvalue weighted by molar-refractivity contribution is 5.85. The van der Waals surface area contributed by atoms with E-state index in [4.69, 9.17) is 4.74 Å². The van der Waals surface area contributed by atoms with Crippen LogP contribution in [0.1, 0.15) is 45.4 Å². The Morgan fingerprint density at radius 2 is 1.77 bits per heavy atom. The summed E-state index contributed by atoms with van der Waals surface area (Å²) in [5, 5.41) is 6.54. The summed E-state index contributed by atoms with van der Waals surface area (Å²) in [6.07, 6.45) is 8.08. The first kappa shape index (κ1) is 16.5. The number of halogens is 1. The van der Waals surface area contributed by atoms with Crippen LogP contribution in [0.5, 0.6) is 0 Å². The summed E-state index contributed by atoms with van der Waals surface area (Å²) in [6, 6.07) is 0.295. The first-order chi connectivity index (χ1) is 10.1. The topological polar surface area (TPSA) is 50.4 Å². The fourth-order valence-corrected chi connectivity index (χ4v) is 5.90. The SMILES string of the molecule is CC(NC(=O)C1CNCCO1)C12CC3CC(CC(C3)C1)C2.Cl. The van der Waals surface area contributed by atoms with Gasteiger partial charge in [-0.3, -0.25) is 4.79 Å². The molecule has 1 amide bonds. The lowest BCUT2D eigenvalue weighted by Crippen LogP contribution is -2.58. The normalized spacial score (nSPS) is 44.2. The number of nitrogens with one attached hydrogen (secondary N) is 2. The smallest absolute Gasteiger partial charge is 0.250 e. The van der Waals surface area contributed by atoms with Crippen LogP contribution < -0.4 is 10.6 Å². The van der Waals surface area contributed by atoms with Crippen molar-refractivity contribution in [3.63, 3.8) is 0 Å². The molecule has 0 aromatic rings. The van der Waals surface area contributed by atoms with Crippen molar-refractivity contribution in [3.05, 3.63) is 0 Å². The number of hydrogen-bond acceptors (Lipinski definition) is 3. The summed E-state index contributed by atoms with van der Waals surface area (Å²) in [5.74, 6) is 2.89. The number of hydrogen-bond donors (Lipinski definition) is 2. The Morgan fingerprint density at radius 1 is 1.18 bits per heavy atom. The molecular weight excluding hydrogens is 300 g/mol. The maximum absolute atomic E-state index is 12.4. The quantitative estimate of drug-likeness (QED) is 0.834. The van der Waals surface area contributed by atoms with Crippen LogP contribution in [0.4, 0.5) is 0 Å². The molecule has 4 nitrogen and oxygen atoms in total. The molecule has 4 aliphatic carbocycles.